The lowest BCUT2D eigenvalue weighted by atomic mass is 9.92. The van der Waals surface area contributed by atoms with Crippen molar-refractivity contribution in [1.29, 1.82) is 0 Å². The first-order valence-electron chi connectivity index (χ1n) is 12.0. The summed E-state index contributed by atoms with van der Waals surface area (Å²) in [6, 6.07) is 10.9. The average Bonchev–Trinajstić information content (AvgIpc) is 3.43. The predicted molar refractivity (Wildman–Crippen MR) is 137 cm³/mol. The molecule has 0 saturated carbocycles. The summed E-state index contributed by atoms with van der Waals surface area (Å²) >= 11 is 2.38. The Morgan fingerprint density at radius 2 is 1.76 bits per heavy atom. The number of halogens is 5. The molecule has 1 atom stereocenters. The van der Waals surface area contributed by atoms with Crippen LogP contribution in [-0.4, -0.2) is 41.0 Å². The molecule has 1 N–H and O–H groups in total. The highest BCUT2D eigenvalue weighted by molar-refractivity contribution is 8.00. The fourth-order valence-corrected chi connectivity index (χ4v) is 5.26. The maximum Gasteiger partial charge on any atom is 0.391 e. The van der Waals surface area contributed by atoms with E-state index in [1.165, 1.54) is 29.5 Å². The van der Waals surface area contributed by atoms with Gasteiger partial charge in [-0.1, -0.05) is 43.4 Å². The maximum absolute atomic E-state index is 14.6. The zero-order valence-electron chi connectivity index (χ0n) is 20.5. The molecule has 2 aromatic carbocycles. The van der Waals surface area contributed by atoms with Crippen molar-refractivity contribution < 1.29 is 26.7 Å². The first-order valence-corrected chi connectivity index (χ1v) is 13.7. The van der Waals surface area contributed by atoms with E-state index in [2.05, 4.69) is 14.9 Å². The Labute approximate surface area is 221 Å². The molecule has 2 aliphatic rings. The van der Waals surface area contributed by atoms with E-state index in [-0.39, 0.29) is 24.7 Å². The highest BCUT2D eigenvalue weighted by Crippen LogP contribution is 2.42. The van der Waals surface area contributed by atoms with Crippen LogP contribution in [-0.2, 0) is 0 Å². The molecule has 3 aromatic rings. The van der Waals surface area contributed by atoms with Crippen LogP contribution in [0.1, 0.15) is 44.7 Å². The van der Waals surface area contributed by atoms with Gasteiger partial charge < -0.3 is 4.74 Å². The van der Waals surface area contributed by atoms with Gasteiger partial charge in [0.1, 0.15) is 22.9 Å². The highest BCUT2D eigenvalue weighted by Gasteiger charge is 2.42. The first kappa shape index (κ1) is 29.1. The SMILES string of the molecule is CC.Fc1cc2c(cc1SNc1nncs1)OCC[C@@H]2N1CCC(C(F)(F)F)CC1.Fc1ccccc1. The van der Waals surface area contributed by atoms with E-state index in [0.717, 1.165) is 11.9 Å². The van der Waals surface area contributed by atoms with E-state index in [1.54, 1.807) is 29.8 Å². The van der Waals surface area contributed by atoms with Gasteiger partial charge in [-0.05, 0) is 62.1 Å². The number of ether oxygens (including phenoxy) is 1. The van der Waals surface area contributed by atoms with E-state index in [1.807, 2.05) is 18.7 Å². The maximum atomic E-state index is 14.6. The van der Waals surface area contributed by atoms with E-state index < -0.39 is 17.9 Å². The molecule has 202 valence electrons. The summed E-state index contributed by atoms with van der Waals surface area (Å²) < 4.78 is 74.0. The molecule has 5 rings (SSSR count). The largest absolute Gasteiger partial charge is 0.493 e. The number of likely N-dealkylation sites (tertiary alicyclic amines) is 1. The van der Waals surface area contributed by atoms with Crippen LogP contribution in [0.25, 0.3) is 0 Å². The summed E-state index contributed by atoms with van der Waals surface area (Å²) in [5.74, 6) is -1.24. The fraction of sp³-hybridized carbons (Fsp3) is 0.440. The molecule has 0 radical (unpaired) electrons. The predicted octanol–water partition coefficient (Wildman–Crippen LogP) is 7.75. The molecule has 1 fully saturated rings. The van der Waals surface area contributed by atoms with E-state index in [0.29, 0.717) is 47.5 Å². The number of nitrogens with zero attached hydrogens (tertiary/aromatic N) is 3. The topological polar surface area (TPSA) is 50.3 Å². The van der Waals surface area contributed by atoms with Gasteiger partial charge in [-0.15, -0.1) is 10.2 Å². The highest BCUT2D eigenvalue weighted by atomic mass is 32.2. The first-order chi connectivity index (χ1) is 17.8. The van der Waals surface area contributed by atoms with Gasteiger partial charge in [-0.2, -0.15) is 13.2 Å². The lowest BCUT2D eigenvalue weighted by Crippen LogP contribution is -2.42. The Morgan fingerprint density at radius 3 is 2.32 bits per heavy atom. The molecule has 2 aliphatic heterocycles. The van der Waals surface area contributed by atoms with Crippen LogP contribution in [0.4, 0.5) is 27.1 Å². The second-order valence-electron chi connectivity index (χ2n) is 8.07. The summed E-state index contributed by atoms with van der Waals surface area (Å²) in [5.41, 5.74) is 2.27. The molecular weight excluding hydrogens is 531 g/mol. The molecule has 0 spiro atoms. The summed E-state index contributed by atoms with van der Waals surface area (Å²) in [7, 11) is 0. The van der Waals surface area contributed by atoms with Crippen molar-refractivity contribution in [2.24, 2.45) is 5.92 Å². The molecule has 12 heteroatoms. The molecular formula is C25H29F5N4OS2. The van der Waals surface area contributed by atoms with Gasteiger partial charge in [0.2, 0.25) is 5.13 Å². The number of piperidine rings is 1. The van der Waals surface area contributed by atoms with E-state index >= 15 is 0 Å². The Hall–Kier alpha value is -2.44. The van der Waals surface area contributed by atoms with Gasteiger partial charge in [0.05, 0.1) is 17.4 Å². The molecule has 1 aromatic heterocycles. The van der Waals surface area contributed by atoms with Crippen molar-refractivity contribution in [2.45, 2.75) is 50.2 Å². The summed E-state index contributed by atoms with van der Waals surface area (Å²) in [6.07, 6.45) is -3.34. The number of alkyl halides is 3. The molecule has 1 saturated heterocycles. The van der Waals surface area contributed by atoms with Crippen LogP contribution >= 0.6 is 23.3 Å². The Balaban J connectivity index is 0.000000361. The van der Waals surface area contributed by atoms with Crippen LogP contribution in [0.5, 0.6) is 5.75 Å². The van der Waals surface area contributed by atoms with E-state index in [4.69, 9.17) is 4.74 Å². The number of nitrogens with one attached hydrogen (secondary N) is 1. The minimum absolute atomic E-state index is 0.0817. The number of hydrogen-bond donors (Lipinski definition) is 1. The van der Waals surface area contributed by atoms with Gasteiger partial charge in [0.15, 0.2) is 0 Å². The Bertz CT molecular complexity index is 1080. The molecule has 5 nitrogen and oxygen atoms in total. The normalized spacial score (nSPS) is 17.9. The summed E-state index contributed by atoms with van der Waals surface area (Å²) in [4.78, 5) is 2.39. The molecule has 0 amide bonds. The number of fused-ring (bicyclic) bond motifs is 1. The minimum Gasteiger partial charge on any atom is -0.493 e. The lowest BCUT2D eigenvalue weighted by Gasteiger charge is -2.40. The minimum atomic E-state index is -4.14. The number of rotatable bonds is 4. The quantitative estimate of drug-likeness (QED) is 0.260. The smallest absolute Gasteiger partial charge is 0.391 e. The van der Waals surface area contributed by atoms with E-state index in [9.17, 15) is 22.0 Å². The lowest BCUT2D eigenvalue weighted by molar-refractivity contribution is -0.186. The van der Waals surface area contributed by atoms with Gasteiger partial charge in [0, 0.05) is 18.0 Å². The third-order valence-electron chi connectivity index (χ3n) is 5.85. The van der Waals surface area contributed by atoms with Gasteiger partial charge in [-0.3, -0.25) is 9.62 Å². The van der Waals surface area contributed by atoms with Crippen LogP contribution < -0.4 is 9.46 Å². The average molecular weight is 561 g/mol. The second kappa shape index (κ2) is 13.9. The Morgan fingerprint density at radius 1 is 1.05 bits per heavy atom. The van der Waals surface area contributed by atoms with Crippen molar-refractivity contribution in [3.63, 3.8) is 0 Å². The van der Waals surface area contributed by atoms with Crippen molar-refractivity contribution in [3.05, 3.63) is 65.2 Å². The second-order valence-corrected chi connectivity index (χ2v) is 9.75. The third-order valence-corrected chi connectivity index (χ3v) is 7.41. The standard InChI is InChI=1S/C17H18F4N4OS2.C6H5F.C2H6/c18-12-7-11-13(25-4-1-10(2-5-25)17(19,20)21)3-6-26-14(11)8-15(12)28-24-16-23-22-9-27-16;7-6-4-2-1-3-5-6;1-2/h7-10,13H,1-6H2,(H,23,24);1-5H;1-2H3/t13-;;/m0../s1. The summed E-state index contributed by atoms with van der Waals surface area (Å²) in [6.45, 7) is 5.16. The number of anilines is 1. The molecule has 0 unspecified atom stereocenters. The molecule has 0 bridgehead atoms. The number of aromatic nitrogens is 2. The Kier molecular flexibility index (Phi) is 11.0. The van der Waals surface area contributed by atoms with Crippen LogP contribution in [0.3, 0.4) is 0 Å². The van der Waals surface area contributed by atoms with Gasteiger partial charge in [0.25, 0.3) is 0 Å². The third kappa shape index (κ3) is 8.27. The number of benzene rings is 2. The van der Waals surface area contributed by atoms with Crippen molar-refractivity contribution in [1.82, 2.24) is 15.1 Å². The van der Waals surface area contributed by atoms with Crippen LogP contribution in [0, 0.1) is 17.6 Å². The van der Waals surface area contributed by atoms with Gasteiger partial charge in [-0.25, -0.2) is 8.78 Å². The summed E-state index contributed by atoms with van der Waals surface area (Å²) in [5, 5.41) is 8.11. The zero-order valence-corrected chi connectivity index (χ0v) is 22.1. The van der Waals surface area contributed by atoms with Crippen molar-refractivity contribution >= 4 is 28.4 Å². The molecule has 3 heterocycles. The monoisotopic (exact) mass is 560 g/mol. The molecule has 0 aliphatic carbocycles. The van der Waals surface area contributed by atoms with Crippen molar-refractivity contribution in [3.8, 4) is 5.75 Å². The van der Waals surface area contributed by atoms with Crippen LogP contribution in [0.15, 0.2) is 52.9 Å². The zero-order chi connectivity index (χ0) is 26.8. The fourth-order valence-electron chi connectivity index (χ4n) is 4.10. The van der Waals surface area contributed by atoms with Gasteiger partial charge >= 0.3 is 6.18 Å². The number of hydrogen-bond acceptors (Lipinski definition) is 7. The van der Waals surface area contributed by atoms with Crippen molar-refractivity contribution in [2.75, 3.05) is 24.4 Å². The van der Waals surface area contributed by atoms with Crippen LogP contribution in [0.2, 0.25) is 0 Å². The molecule has 37 heavy (non-hydrogen) atoms.